The Hall–Kier alpha value is -2.42. The SMILES string of the molecule is CCOc1cc(C#N)ccc1O[C@@H](C)C(=O)Nc1cc(Cl)ccc1Cl. The molecule has 1 N–H and O–H groups in total. The smallest absolute Gasteiger partial charge is 0.265 e. The van der Waals surface area contributed by atoms with Crippen molar-refractivity contribution in [2.45, 2.75) is 20.0 Å². The Kier molecular flexibility index (Phi) is 6.51. The maximum atomic E-state index is 12.3. The molecule has 7 heteroatoms. The first-order valence-electron chi connectivity index (χ1n) is 7.54. The second kappa shape index (κ2) is 8.61. The molecule has 1 amide bonds. The molecule has 0 heterocycles. The molecule has 0 aliphatic heterocycles. The summed E-state index contributed by atoms with van der Waals surface area (Å²) < 4.78 is 11.1. The third-order valence-corrected chi connectivity index (χ3v) is 3.80. The van der Waals surface area contributed by atoms with E-state index in [1.807, 2.05) is 13.0 Å². The van der Waals surface area contributed by atoms with E-state index >= 15 is 0 Å². The number of hydrogen-bond acceptors (Lipinski definition) is 4. The molecule has 0 saturated carbocycles. The number of anilines is 1. The number of carbonyl (C=O) groups excluding carboxylic acids is 1. The molecule has 0 spiro atoms. The van der Waals surface area contributed by atoms with E-state index in [0.29, 0.717) is 39.4 Å². The van der Waals surface area contributed by atoms with Gasteiger partial charge in [-0.15, -0.1) is 0 Å². The van der Waals surface area contributed by atoms with Crippen LogP contribution in [0.4, 0.5) is 5.69 Å². The second-order valence-corrected chi connectivity index (χ2v) is 5.92. The fourth-order valence-corrected chi connectivity index (χ4v) is 2.35. The lowest BCUT2D eigenvalue weighted by atomic mass is 10.2. The highest BCUT2D eigenvalue weighted by Gasteiger charge is 2.18. The average Bonchev–Trinajstić information content (AvgIpc) is 2.59. The van der Waals surface area contributed by atoms with E-state index < -0.39 is 12.0 Å². The van der Waals surface area contributed by atoms with Crippen LogP contribution in [0.5, 0.6) is 11.5 Å². The van der Waals surface area contributed by atoms with Crippen molar-refractivity contribution >= 4 is 34.8 Å². The van der Waals surface area contributed by atoms with Gasteiger partial charge in [-0.2, -0.15) is 5.26 Å². The van der Waals surface area contributed by atoms with Crippen LogP contribution in [-0.2, 0) is 4.79 Å². The summed E-state index contributed by atoms with van der Waals surface area (Å²) >= 11 is 11.9. The van der Waals surface area contributed by atoms with Gasteiger partial charge in [-0.25, -0.2) is 0 Å². The Morgan fingerprint density at radius 2 is 2.00 bits per heavy atom. The molecule has 2 aromatic rings. The van der Waals surface area contributed by atoms with Crippen LogP contribution in [0.1, 0.15) is 19.4 Å². The summed E-state index contributed by atoms with van der Waals surface area (Å²) in [6.45, 7) is 3.83. The number of nitriles is 1. The van der Waals surface area contributed by atoms with E-state index in [4.69, 9.17) is 37.9 Å². The van der Waals surface area contributed by atoms with E-state index in [1.54, 1.807) is 43.3 Å². The van der Waals surface area contributed by atoms with Crippen molar-refractivity contribution in [1.29, 1.82) is 5.26 Å². The number of nitrogens with one attached hydrogen (secondary N) is 1. The van der Waals surface area contributed by atoms with E-state index in [1.165, 1.54) is 0 Å². The van der Waals surface area contributed by atoms with Gasteiger partial charge in [0, 0.05) is 11.1 Å². The zero-order valence-corrected chi connectivity index (χ0v) is 15.2. The van der Waals surface area contributed by atoms with E-state index in [0.717, 1.165) is 0 Å². The number of hydrogen-bond donors (Lipinski definition) is 1. The highest BCUT2D eigenvalue weighted by Crippen LogP contribution is 2.30. The topological polar surface area (TPSA) is 71.3 Å². The van der Waals surface area contributed by atoms with Gasteiger partial charge in [-0.3, -0.25) is 4.79 Å². The number of halogens is 2. The first kappa shape index (κ1) is 18.9. The molecule has 2 aromatic carbocycles. The molecule has 0 aliphatic rings. The number of carbonyl (C=O) groups is 1. The van der Waals surface area contributed by atoms with Crippen LogP contribution in [-0.4, -0.2) is 18.6 Å². The van der Waals surface area contributed by atoms with Gasteiger partial charge in [-0.1, -0.05) is 23.2 Å². The van der Waals surface area contributed by atoms with Gasteiger partial charge in [0.15, 0.2) is 17.6 Å². The molecule has 25 heavy (non-hydrogen) atoms. The van der Waals surface area contributed by atoms with Crippen molar-refractivity contribution in [2.24, 2.45) is 0 Å². The van der Waals surface area contributed by atoms with Crippen LogP contribution in [0, 0.1) is 11.3 Å². The van der Waals surface area contributed by atoms with Gasteiger partial charge in [-0.05, 0) is 44.2 Å². The summed E-state index contributed by atoms with van der Waals surface area (Å²) in [4.78, 5) is 12.3. The molecule has 1 atom stereocenters. The summed E-state index contributed by atoms with van der Waals surface area (Å²) in [6, 6.07) is 11.6. The monoisotopic (exact) mass is 378 g/mol. The normalized spacial score (nSPS) is 11.3. The molecule has 0 aliphatic carbocycles. The number of benzene rings is 2. The Bertz CT molecular complexity index is 818. The maximum absolute atomic E-state index is 12.3. The number of nitrogens with zero attached hydrogens (tertiary/aromatic N) is 1. The molecule has 0 unspecified atom stereocenters. The van der Waals surface area contributed by atoms with E-state index in [2.05, 4.69) is 5.32 Å². The number of amides is 1. The van der Waals surface area contributed by atoms with Crippen LogP contribution < -0.4 is 14.8 Å². The minimum atomic E-state index is -0.817. The minimum Gasteiger partial charge on any atom is -0.490 e. The Labute approximate surface area is 156 Å². The minimum absolute atomic E-state index is 0.373. The third kappa shape index (κ3) is 5.02. The summed E-state index contributed by atoms with van der Waals surface area (Å²) in [7, 11) is 0. The Morgan fingerprint density at radius 1 is 1.24 bits per heavy atom. The van der Waals surface area contributed by atoms with Crippen LogP contribution >= 0.6 is 23.2 Å². The van der Waals surface area contributed by atoms with Crippen molar-refractivity contribution < 1.29 is 14.3 Å². The molecule has 0 saturated heterocycles. The van der Waals surface area contributed by atoms with Gasteiger partial charge in [0.25, 0.3) is 5.91 Å². The lowest BCUT2D eigenvalue weighted by Gasteiger charge is -2.18. The van der Waals surface area contributed by atoms with Crippen LogP contribution in [0.2, 0.25) is 10.0 Å². The van der Waals surface area contributed by atoms with Crippen LogP contribution in [0.15, 0.2) is 36.4 Å². The molecular weight excluding hydrogens is 363 g/mol. The maximum Gasteiger partial charge on any atom is 0.265 e. The lowest BCUT2D eigenvalue weighted by Crippen LogP contribution is -2.30. The molecule has 0 radical (unpaired) electrons. The third-order valence-electron chi connectivity index (χ3n) is 3.23. The van der Waals surface area contributed by atoms with Crippen LogP contribution in [0.3, 0.4) is 0 Å². The van der Waals surface area contributed by atoms with Crippen molar-refractivity contribution in [3.8, 4) is 17.6 Å². The number of ether oxygens (including phenoxy) is 2. The summed E-state index contributed by atoms with van der Waals surface area (Å²) in [5.74, 6) is 0.388. The molecule has 0 fully saturated rings. The predicted molar refractivity (Wildman–Crippen MR) is 97.5 cm³/mol. The standard InChI is InChI=1S/C18H16Cl2N2O3/c1-3-24-17-8-12(10-21)4-7-16(17)25-11(2)18(23)22-15-9-13(19)5-6-14(15)20/h4-9,11H,3H2,1-2H3,(H,22,23)/t11-/m0/s1. The zero-order valence-electron chi connectivity index (χ0n) is 13.7. The second-order valence-electron chi connectivity index (χ2n) is 5.08. The quantitative estimate of drug-likeness (QED) is 0.792. The average molecular weight is 379 g/mol. The molecule has 0 bridgehead atoms. The largest absolute Gasteiger partial charge is 0.490 e. The first-order valence-corrected chi connectivity index (χ1v) is 8.29. The lowest BCUT2D eigenvalue weighted by molar-refractivity contribution is -0.122. The first-order chi connectivity index (χ1) is 11.9. The molecule has 130 valence electrons. The van der Waals surface area contributed by atoms with Crippen molar-refractivity contribution in [1.82, 2.24) is 0 Å². The zero-order chi connectivity index (χ0) is 18.4. The summed E-state index contributed by atoms with van der Waals surface area (Å²) in [6.07, 6.45) is -0.817. The van der Waals surface area contributed by atoms with Gasteiger partial charge in [0.1, 0.15) is 0 Å². The summed E-state index contributed by atoms with van der Waals surface area (Å²) in [5, 5.41) is 12.5. The fraction of sp³-hybridized carbons (Fsp3) is 0.222. The fourth-order valence-electron chi connectivity index (χ4n) is 2.01. The number of rotatable bonds is 6. The van der Waals surface area contributed by atoms with E-state index in [-0.39, 0.29) is 0 Å². The van der Waals surface area contributed by atoms with Gasteiger partial charge in [0.05, 0.1) is 28.9 Å². The van der Waals surface area contributed by atoms with Crippen molar-refractivity contribution in [2.75, 3.05) is 11.9 Å². The molecule has 0 aromatic heterocycles. The van der Waals surface area contributed by atoms with Crippen molar-refractivity contribution in [3.05, 3.63) is 52.0 Å². The van der Waals surface area contributed by atoms with Crippen molar-refractivity contribution in [3.63, 3.8) is 0 Å². The van der Waals surface area contributed by atoms with Gasteiger partial charge in [0.2, 0.25) is 0 Å². The molecule has 5 nitrogen and oxygen atoms in total. The highest BCUT2D eigenvalue weighted by molar-refractivity contribution is 6.35. The van der Waals surface area contributed by atoms with Gasteiger partial charge >= 0.3 is 0 Å². The molecule has 2 rings (SSSR count). The summed E-state index contributed by atoms with van der Waals surface area (Å²) in [5.41, 5.74) is 0.845. The predicted octanol–water partition coefficient (Wildman–Crippen LogP) is 4.67. The van der Waals surface area contributed by atoms with Gasteiger partial charge < -0.3 is 14.8 Å². The van der Waals surface area contributed by atoms with E-state index in [9.17, 15) is 4.79 Å². The van der Waals surface area contributed by atoms with Crippen LogP contribution in [0.25, 0.3) is 0 Å². The Balaban J connectivity index is 2.13. The Morgan fingerprint density at radius 3 is 2.68 bits per heavy atom. The molecular formula is C18H16Cl2N2O3. The highest BCUT2D eigenvalue weighted by atomic mass is 35.5.